The predicted octanol–water partition coefficient (Wildman–Crippen LogP) is 3.38. The molecule has 1 rings (SSSR count). The van der Waals surface area contributed by atoms with Crippen LogP contribution in [0.15, 0.2) is 5.38 Å². The number of halogens is 1. The van der Waals surface area contributed by atoms with Gasteiger partial charge in [-0.25, -0.2) is 0 Å². The van der Waals surface area contributed by atoms with Gasteiger partial charge in [-0.05, 0) is 24.4 Å². The largest absolute Gasteiger partial charge is 0.309 e. The molecule has 0 spiro atoms. The summed E-state index contributed by atoms with van der Waals surface area (Å²) in [6.07, 6.45) is 6.01. The summed E-state index contributed by atoms with van der Waals surface area (Å²) in [4.78, 5) is 1.16. The molecule has 0 fully saturated rings. The van der Waals surface area contributed by atoms with Crippen LogP contribution in [0.4, 0.5) is 0 Å². The lowest BCUT2D eigenvalue weighted by Crippen LogP contribution is -2.19. The molecule has 14 heavy (non-hydrogen) atoms. The van der Waals surface area contributed by atoms with Crippen molar-refractivity contribution in [2.45, 2.75) is 26.3 Å². The molecule has 0 bridgehead atoms. The zero-order chi connectivity index (χ0) is 10.6. The van der Waals surface area contributed by atoms with Crippen molar-refractivity contribution in [3.05, 3.63) is 20.8 Å². The number of nitrogens with one attached hydrogen (secondary N) is 1. The third-order valence-corrected chi connectivity index (χ3v) is 3.84. The van der Waals surface area contributed by atoms with Gasteiger partial charge in [-0.2, -0.15) is 0 Å². The van der Waals surface area contributed by atoms with Gasteiger partial charge >= 0.3 is 0 Å². The highest BCUT2D eigenvalue weighted by Gasteiger charge is 2.15. The van der Waals surface area contributed by atoms with Crippen LogP contribution >= 0.6 is 22.9 Å². The molecule has 1 N–H and O–H groups in total. The van der Waals surface area contributed by atoms with Crippen LogP contribution in [0.2, 0.25) is 5.02 Å². The van der Waals surface area contributed by atoms with Gasteiger partial charge < -0.3 is 5.32 Å². The summed E-state index contributed by atoms with van der Waals surface area (Å²) in [5.74, 6) is 2.67. The third-order valence-electron chi connectivity index (χ3n) is 2.01. The molecule has 0 radical (unpaired) electrons. The van der Waals surface area contributed by atoms with Crippen molar-refractivity contribution in [2.24, 2.45) is 0 Å². The standard InChI is InChI=1S/C11H14ClNS/c1-4-6-9(13-5-2)11-10(12)8(3)7-14-11/h1,7,9,13H,5-6H2,2-3H3. The summed E-state index contributed by atoms with van der Waals surface area (Å²) in [5.41, 5.74) is 1.13. The van der Waals surface area contributed by atoms with E-state index in [-0.39, 0.29) is 6.04 Å². The van der Waals surface area contributed by atoms with E-state index in [0.717, 1.165) is 22.0 Å². The predicted molar refractivity (Wildman–Crippen MR) is 63.9 cm³/mol. The van der Waals surface area contributed by atoms with Crippen molar-refractivity contribution < 1.29 is 0 Å². The van der Waals surface area contributed by atoms with Crippen molar-refractivity contribution in [1.82, 2.24) is 5.32 Å². The van der Waals surface area contributed by atoms with Gasteiger partial charge in [-0.1, -0.05) is 18.5 Å². The van der Waals surface area contributed by atoms with Crippen LogP contribution < -0.4 is 5.32 Å². The van der Waals surface area contributed by atoms with E-state index in [1.54, 1.807) is 11.3 Å². The maximum Gasteiger partial charge on any atom is 0.0590 e. The highest BCUT2D eigenvalue weighted by atomic mass is 35.5. The number of aryl methyl sites for hydroxylation is 1. The molecule has 1 unspecified atom stereocenters. The van der Waals surface area contributed by atoms with E-state index in [1.807, 2.05) is 6.92 Å². The van der Waals surface area contributed by atoms with Crippen molar-refractivity contribution >= 4 is 22.9 Å². The van der Waals surface area contributed by atoms with Gasteiger partial charge in [-0.15, -0.1) is 23.7 Å². The molecule has 0 saturated carbocycles. The first-order chi connectivity index (χ1) is 6.70. The summed E-state index contributed by atoms with van der Waals surface area (Å²) in [6, 6.07) is 0.205. The van der Waals surface area contributed by atoms with Crippen LogP contribution in [0.1, 0.15) is 29.8 Å². The molecule has 0 aliphatic carbocycles. The van der Waals surface area contributed by atoms with E-state index >= 15 is 0 Å². The Kier molecular flexibility index (Phi) is 4.47. The smallest absolute Gasteiger partial charge is 0.0590 e. The first-order valence-corrected chi connectivity index (χ1v) is 5.86. The van der Waals surface area contributed by atoms with Gasteiger partial charge in [0.05, 0.1) is 11.1 Å². The summed E-state index contributed by atoms with van der Waals surface area (Å²) in [5, 5.41) is 6.26. The average Bonchev–Trinajstić information content (AvgIpc) is 2.48. The van der Waals surface area contributed by atoms with Gasteiger partial charge in [0.15, 0.2) is 0 Å². The van der Waals surface area contributed by atoms with Crippen LogP contribution in [-0.2, 0) is 0 Å². The Morgan fingerprint density at radius 3 is 2.86 bits per heavy atom. The van der Waals surface area contributed by atoms with Gasteiger partial charge in [0.25, 0.3) is 0 Å². The van der Waals surface area contributed by atoms with Crippen LogP contribution in [0.25, 0.3) is 0 Å². The first kappa shape index (κ1) is 11.6. The molecule has 1 atom stereocenters. The molecule has 76 valence electrons. The Bertz CT molecular complexity index is 338. The van der Waals surface area contributed by atoms with Crippen molar-refractivity contribution in [3.63, 3.8) is 0 Å². The van der Waals surface area contributed by atoms with E-state index in [1.165, 1.54) is 0 Å². The van der Waals surface area contributed by atoms with E-state index in [0.29, 0.717) is 6.42 Å². The quantitative estimate of drug-likeness (QED) is 0.778. The molecule has 0 amide bonds. The lowest BCUT2D eigenvalue weighted by atomic mass is 10.1. The van der Waals surface area contributed by atoms with Crippen LogP contribution in [0.3, 0.4) is 0 Å². The monoisotopic (exact) mass is 227 g/mol. The number of hydrogen-bond acceptors (Lipinski definition) is 2. The van der Waals surface area contributed by atoms with E-state index < -0.39 is 0 Å². The molecular weight excluding hydrogens is 214 g/mol. The fourth-order valence-electron chi connectivity index (χ4n) is 1.31. The van der Waals surface area contributed by atoms with Crippen LogP contribution in [0.5, 0.6) is 0 Å². The van der Waals surface area contributed by atoms with Crippen LogP contribution in [0, 0.1) is 19.3 Å². The summed E-state index contributed by atoms with van der Waals surface area (Å²) >= 11 is 7.85. The summed E-state index contributed by atoms with van der Waals surface area (Å²) in [7, 11) is 0. The summed E-state index contributed by atoms with van der Waals surface area (Å²) in [6.45, 7) is 4.98. The maximum atomic E-state index is 6.18. The zero-order valence-corrected chi connectivity index (χ0v) is 10.0. The van der Waals surface area contributed by atoms with Gasteiger partial charge in [0.2, 0.25) is 0 Å². The Morgan fingerprint density at radius 2 is 2.43 bits per heavy atom. The highest BCUT2D eigenvalue weighted by Crippen LogP contribution is 2.33. The molecule has 0 aromatic carbocycles. The molecule has 0 saturated heterocycles. The van der Waals surface area contributed by atoms with Gasteiger partial charge in [-0.3, -0.25) is 0 Å². The molecule has 0 aliphatic rings. The molecule has 3 heteroatoms. The Balaban J connectivity index is 2.88. The second kappa shape index (κ2) is 5.41. The second-order valence-electron chi connectivity index (χ2n) is 3.12. The number of rotatable bonds is 4. The normalized spacial score (nSPS) is 12.4. The number of terminal acetylenes is 1. The third kappa shape index (κ3) is 2.51. The second-order valence-corrected chi connectivity index (χ2v) is 4.40. The highest BCUT2D eigenvalue weighted by molar-refractivity contribution is 7.10. The van der Waals surface area contributed by atoms with Crippen LogP contribution in [-0.4, -0.2) is 6.54 Å². The van der Waals surface area contributed by atoms with Crippen molar-refractivity contribution in [1.29, 1.82) is 0 Å². The van der Waals surface area contributed by atoms with Gasteiger partial charge in [0.1, 0.15) is 0 Å². The van der Waals surface area contributed by atoms with E-state index in [2.05, 4.69) is 23.5 Å². The molecule has 0 aliphatic heterocycles. The van der Waals surface area contributed by atoms with E-state index in [4.69, 9.17) is 18.0 Å². The minimum Gasteiger partial charge on any atom is -0.309 e. The Morgan fingerprint density at radius 1 is 1.71 bits per heavy atom. The number of thiophene rings is 1. The Hall–Kier alpha value is -0.490. The molecular formula is C11H14ClNS. The minimum atomic E-state index is 0.205. The lowest BCUT2D eigenvalue weighted by molar-refractivity contribution is 0.574. The fraction of sp³-hybridized carbons (Fsp3) is 0.455. The first-order valence-electron chi connectivity index (χ1n) is 4.61. The van der Waals surface area contributed by atoms with Crippen molar-refractivity contribution in [2.75, 3.05) is 6.54 Å². The SMILES string of the molecule is C#CCC(NCC)c1scc(C)c1Cl. The molecule has 1 aromatic rings. The molecule has 1 heterocycles. The minimum absolute atomic E-state index is 0.205. The summed E-state index contributed by atoms with van der Waals surface area (Å²) < 4.78 is 0. The Labute approximate surface area is 94.5 Å². The fourth-order valence-corrected chi connectivity index (χ4v) is 2.71. The molecule has 1 nitrogen and oxygen atoms in total. The molecule has 1 aromatic heterocycles. The van der Waals surface area contributed by atoms with E-state index in [9.17, 15) is 0 Å². The van der Waals surface area contributed by atoms with Gasteiger partial charge in [0, 0.05) is 11.3 Å². The average molecular weight is 228 g/mol. The topological polar surface area (TPSA) is 12.0 Å². The maximum absolute atomic E-state index is 6.18. The zero-order valence-electron chi connectivity index (χ0n) is 8.43. The lowest BCUT2D eigenvalue weighted by Gasteiger charge is -2.13. The van der Waals surface area contributed by atoms with Crippen molar-refractivity contribution in [3.8, 4) is 12.3 Å². The number of hydrogen-bond donors (Lipinski definition) is 1.